The van der Waals surface area contributed by atoms with Crippen LogP contribution in [-0.4, -0.2) is 64.8 Å². The number of carbonyl (C=O) groups excluding carboxylic acids is 3. The molecule has 1 fully saturated rings. The Morgan fingerprint density at radius 2 is 1.90 bits per heavy atom. The summed E-state index contributed by atoms with van der Waals surface area (Å²) in [5.41, 5.74) is 3.79. The summed E-state index contributed by atoms with van der Waals surface area (Å²) in [6.45, 7) is 5.35. The number of hydrogen-bond acceptors (Lipinski definition) is 6. The first kappa shape index (κ1) is 27.2. The van der Waals surface area contributed by atoms with Crippen LogP contribution in [-0.2, 0) is 0 Å². The van der Waals surface area contributed by atoms with Gasteiger partial charge in [0, 0.05) is 31.7 Å². The predicted octanol–water partition coefficient (Wildman–Crippen LogP) is 4.10. The number of nitrogens with one attached hydrogen (secondary N) is 4. The summed E-state index contributed by atoms with van der Waals surface area (Å²) in [7, 11) is 3.28. The fraction of sp³-hybridized carbons (Fsp3) is 0.286. The monoisotopic (exact) mass is 528 g/mol. The predicted molar refractivity (Wildman–Crippen MR) is 152 cm³/mol. The Labute approximate surface area is 226 Å². The lowest BCUT2D eigenvalue weighted by Crippen LogP contribution is -2.33. The van der Waals surface area contributed by atoms with E-state index in [1.165, 1.54) is 17.3 Å². The van der Waals surface area contributed by atoms with Gasteiger partial charge in [-0.1, -0.05) is 18.9 Å². The first-order valence-electron chi connectivity index (χ1n) is 12.6. The number of carbonyl (C=O) groups is 3. The van der Waals surface area contributed by atoms with Crippen LogP contribution in [0.4, 0.5) is 10.5 Å². The van der Waals surface area contributed by atoms with Crippen molar-refractivity contribution in [1.82, 2.24) is 30.7 Å². The highest BCUT2D eigenvalue weighted by Gasteiger charge is 2.19. The summed E-state index contributed by atoms with van der Waals surface area (Å²) in [6.07, 6.45) is 8.92. The van der Waals surface area contributed by atoms with Crippen molar-refractivity contribution in [3.8, 4) is 0 Å². The molecular weight excluding hydrogens is 496 g/mol. The van der Waals surface area contributed by atoms with E-state index >= 15 is 0 Å². The molecule has 0 radical (unpaired) electrons. The molecular formula is C28H32N8O3. The van der Waals surface area contributed by atoms with Crippen molar-refractivity contribution in [1.29, 1.82) is 0 Å². The Morgan fingerprint density at radius 3 is 2.56 bits per heavy atom. The van der Waals surface area contributed by atoms with Gasteiger partial charge in [0.05, 0.1) is 23.1 Å². The number of amides is 4. The molecule has 0 unspecified atom stereocenters. The van der Waals surface area contributed by atoms with Gasteiger partial charge >= 0.3 is 6.03 Å². The summed E-state index contributed by atoms with van der Waals surface area (Å²) in [5, 5.41) is 16.3. The highest BCUT2D eigenvalue weighted by molar-refractivity contribution is 6.11. The summed E-state index contributed by atoms with van der Waals surface area (Å²) in [6, 6.07) is 8.71. The zero-order chi connectivity index (χ0) is 27.9. The standard InChI is InChI=1S/C28H32N8O3/c1-17(13-21(15-29-2)33-28(39)36(3)4)18-9-11-23-22(14-18)25(35-34-23)27(38)32-20-10-12-24(30-16-20)26(37)31-19-7-5-6-8-19/h9-16,19H,2,5-8H2,1,3-4H3,(H,31,37)(H,32,38)(H,33,39)(H,34,35)/b17-13+,21-15+. The highest BCUT2D eigenvalue weighted by atomic mass is 16.2. The molecule has 1 aliphatic carbocycles. The van der Waals surface area contributed by atoms with Crippen molar-refractivity contribution in [2.45, 2.75) is 38.6 Å². The minimum Gasteiger partial charge on any atom is -0.348 e. The largest absolute Gasteiger partial charge is 0.348 e. The van der Waals surface area contributed by atoms with E-state index in [0.29, 0.717) is 28.0 Å². The van der Waals surface area contributed by atoms with Crippen LogP contribution < -0.4 is 16.0 Å². The van der Waals surface area contributed by atoms with Crippen molar-refractivity contribution in [3.63, 3.8) is 0 Å². The fourth-order valence-corrected chi connectivity index (χ4v) is 4.31. The summed E-state index contributed by atoms with van der Waals surface area (Å²) < 4.78 is 0. The molecule has 4 rings (SSSR count). The lowest BCUT2D eigenvalue weighted by atomic mass is 10.0. The van der Waals surface area contributed by atoms with E-state index in [-0.39, 0.29) is 23.7 Å². The van der Waals surface area contributed by atoms with Gasteiger partial charge in [0.25, 0.3) is 11.8 Å². The van der Waals surface area contributed by atoms with Crippen LogP contribution in [0.25, 0.3) is 16.5 Å². The Bertz CT molecular complexity index is 1450. The first-order chi connectivity index (χ1) is 18.7. The van der Waals surface area contributed by atoms with E-state index in [1.807, 2.05) is 25.1 Å². The second kappa shape index (κ2) is 12.2. The van der Waals surface area contributed by atoms with E-state index in [9.17, 15) is 14.4 Å². The number of pyridine rings is 1. The highest BCUT2D eigenvalue weighted by Crippen LogP contribution is 2.24. The summed E-state index contributed by atoms with van der Waals surface area (Å²) >= 11 is 0. The van der Waals surface area contributed by atoms with Crippen LogP contribution >= 0.6 is 0 Å². The van der Waals surface area contributed by atoms with Crippen LogP contribution in [0.5, 0.6) is 0 Å². The molecule has 4 amide bonds. The lowest BCUT2D eigenvalue weighted by Gasteiger charge is -2.13. The molecule has 4 N–H and O–H groups in total. The van der Waals surface area contributed by atoms with Crippen LogP contribution in [0, 0.1) is 0 Å². The Kier molecular flexibility index (Phi) is 8.50. The van der Waals surface area contributed by atoms with Gasteiger partial charge < -0.3 is 20.9 Å². The normalized spacial score (nSPS) is 14.2. The topological polar surface area (TPSA) is 144 Å². The summed E-state index contributed by atoms with van der Waals surface area (Å²) in [5.74, 6) is -0.628. The molecule has 0 saturated heterocycles. The summed E-state index contributed by atoms with van der Waals surface area (Å²) in [4.78, 5) is 47.0. The molecule has 0 aliphatic heterocycles. The number of aromatic nitrogens is 3. The van der Waals surface area contributed by atoms with Crippen molar-refractivity contribution >= 4 is 46.7 Å². The van der Waals surface area contributed by atoms with Gasteiger partial charge in [-0.25, -0.2) is 9.78 Å². The van der Waals surface area contributed by atoms with Gasteiger partial charge in [0.1, 0.15) is 5.69 Å². The second-order valence-corrected chi connectivity index (χ2v) is 9.59. The Hall–Kier alpha value is -4.80. The van der Waals surface area contributed by atoms with Crippen molar-refractivity contribution in [2.75, 3.05) is 19.4 Å². The Morgan fingerprint density at radius 1 is 1.13 bits per heavy atom. The van der Waals surface area contributed by atoms with Gasteiger partial charge in [0.2, 0.25) is 0 Å². The molecule has 2 heterocycles. The maximum absolute atomic E-state index is 13.1. The van der Waals surface area contributed by atoms with E-state index in [2.05, 4.69) is 42.8 Å². The molecule has 1 saturated carbocycles. The van der Waals surface area contributed by atoms with Gasteiger partial charge in [-0.2, -0.15) is 5.10 Å². The number of nitrogens with zero attached hydrogens (tertiary/aromatic N) is 4. The SMILES string of the molecule is C=N/C=C(\C=C(/C)c1ccc2[nH]nc(C(=O)Nc3ccc(C(=O)NC4CCCC4)nc3)c2c1)NC(=O)N(C)C. The van der Waals surface area contributed by atoms with E-state index in [4.69, 9.17) is 0 Å². The third kappa shape index (κ3) is 6.75. The quantitative estimate of drug-likeness (QED) is 0.257. The van der Waals surface area contributed by atoms with Crippen LogP contribution in [0.2, 0.25) is 0 Å². The first-order valence-corrected chi connectivity index (χ1v) is 12.6. The van der Waals surface area contributed by atoms with Crippen molar-refractivity contribution < 1.29 is 14.4 Å². The molecule has 0 atom stereocenters. The van der Waals surface area contributed by atoms with E-state index < -0.39 is 5.91 Å². The number of aromatic amines is 1. The maximum atomic E-state index is 13.1. The number of anilines is 1. The van der Waals surface area contributed by atoms with Crippen LogP contribution in [0.3, 0.4) is 0 Å². The fourth-order valence-electron chi connectivity index (χ4n) is 4.31. The second-order valence-electron chi connectivity index (χ2n) is 9.59. The number of allylic oxidation sites excluding steroid dienone is 2. The smallest absolute Gasteiger partial charge is 0.321 e. The van der Waals surface area contributed by atoms with Gasteiger partial charge in [-0.15, -0.1) is 0 Å². The van der Waals surface area contributed by atoms with Gasteiger partial charge in [-0.3, -0.25) is 19.7 Å². The molecule has 0 bridgehead atoms. The molecule has 11 heteroatoms. The number of H-pyrrole nitrogens is 1. The number of urea groups is 1. The molecule has 3 aromatic rings. The molecule has 1 aliphatic rings. The Balaban J connectivity index is 1.49. The minimum absolute atomic E-state index is 0.202. The lowest BCUT2D eigenvalue weighted by molar-refractivity contribution is 0.0932. The van der Waals surface area contributed by atoms with Gasteiger partial charge in [-0.05, 0) is 68.0 Å². The minimum atomic E-state index is -0.417. The molecule has 0 spiro atoms. The number of rotatable bonds is 8. The van der Waals surface area contributed by atoms with Crippen LogP contribution in [0.15, 0.2) is 59.5 Å². The maximum Gasteiger partial charge on any atom is 0.321 e. The number of aliphatic imine (C=N–C) groups is 1. The molecule has 1 aromatic carbocycles. The zero-order valence-corrected chi connectivity index (χ0v) is 22.2. The van der Waals surface area contributed by atoms with E-state index in [0.717, 1.165) is 36.8 Å². The van der Waals surface area contributed by atoms with E-state index in [1.54, 1.807) is 32.3 Å². The van der Waals surface area contributed by atoms with Crippen molar-refractivity contribution in [2.24, 2.45) is 4.99 Å². The third-order valence-electron chi connectivity index (χ3n) is 6.44. The zero-order valence-electron chi connectivity index (χ0n) is 22.2. The molecule has 2 aromatic heterocycles. The number of hydrogen-bond donors (Lipinski definition) is 4. The number of fused-ring (bicyclic) bond motifs is 1. The number of benzene rings is 1. The average Bonchev–Trinajstić information content (AvgIpc) is 3.58. The van der Waals surface area contributed by atoms with Crippen molar-refractivity contribution in [3.05, 3.63) is 71.5 Å². The van der Waals surface area contributed by atoms with Gasteiger partial charge in [0.15, 0.2) is 5.69 Å². The average molecular weight is 529 g/mol. The molecule has 39 heavy (non-hydrogen) atoms. The molecule has 202 valence electrons. The van der Waals surface area contributed by atoms with Crippen LogP contribution in [0.1, 0.15) is 59.1 Å². The molecule has 11 nitrogen and oxygen atoms in total. The third-order valence-corrected chi connectivity index (χ3v) is 6.44.